The number of amides is 3. The number of carbonyl (C=O) groups is 4. The Morgan fingerprint density at radius 3 is 2.11 bits per heavy atom. The summed E-state index contributed by atoms with van der Waals surface area (Å²) in [6.07, 6.45) is 1.45. The smallest absolute Gasteiger partial charge is 0.408 e. The molecule has 1 aliphatic heterocycles. The van der Waals surface area contributed by atoms with Crippen molar-refractivity contribution in [1.82, 2.24) is 20.9 Å². The van der Waals surface area contributed by atoms with Crippen LogP contribution in [-0.4, -0.2) is 59.0 Å². The van der Waals surface area contributed by atoms with Crippen molar-refractivity contribution in [1.29, 1.82) is 0 Å². The quantitative estimate of drug-likeness (QED) is 0.174. The molecule has 2 heterocycles. The van der Waals surface area contributed by atoms with Crippen LogP contribution in [0.4, 0.5) is 4.79 Å². The van der Waals surface area contributed by atoms with E-state index in [4.69, 9.17) is 9.47 Å². The third-order valence-electron chi connectivity index (χ3n) is 7.69. The van der Waals surface area contributed by atoms with Crippen LogP contribution in [0.25, 0.3) is 10.9 Å². The van der Waals surface area contributed by atoms with Gasteiger partial charge < -0.3 is 30.4 Å². The van der Waals surface area contributed by atoms with E-state index < -0.39 is 41.6 Å². The predicted molar refractivity (Wildman–Crippen MR) is 165 cm³/mol. The van der Waals surface area contributed by atoms with Crippen LogP contribution < -0.4 is 16.0 Å². The summed E-state index contributed by atoms with van der Waals surface area (Å²) in [6, 6.07) is 23.3. The van der Waals surface area contributed by atoms with Gasteiger partial charge in [0.05, 0.1) is 12.6 Å². The van der Waals surface area contributed by atoms with Crippen LogP contribution in [0.2, 0.25) is 0 Å². The van der Waals surface area contributed by atoms with Gasteiger partial charge in [-0.25, -0.2) is 4.79 Å². The third-order valence-corrected chi connectivity index (χ3v) is 7.69. The molecular weight excluding hydrogens is 560 g/mol. The largest absolute Gasteiger partial charge is 0.445 e. The molecule has 1 saturated heterocycles. The maximum Gasteiger partial charge on any atom is 0.408 e. The predicted octanol–water partition coefficient (Wildman–Crippen LogP) is 3.60. The number of para-hydroxylation sites is 1. The number of nitrogens with one attached hydrogen (secondary N) is 4. The molecule has 3 aromatic carbocycles. The van der Waals surface area contributed by atoms with Gasteiger partial charge in [-0.1, -0.05) is 78.9 Å². The van der Waals surface area contributed by atoms with Gasteiger partial charge in [0.2, 0.25) is 11.8 Å². The number of benzene rings is 3. The van der Waals surface area contributed by atoms with Crippen LogP contribution in [0.3, 0.4) is 0 Å². The van der Waals surface area contributed by atoms with Crippen molar-refractivity contribution in [2.45, 2.75) is 57.0 Å². The number of H-pyrrole nitrogens is 1. The summed E-state index contributed by atoms with van der Waals surface area (Å²) in [5.74, 6) is -1.34. The van der Waals surface area contributed by atoms with E-state index >= 15 is 0 Å². The summed E-state index contributed by atoms with van der Waals surface area (Å²) in [5, 5.41) is 9.10. The minimum atomic E-state index is -1.05. The highest BCUT2D eigenvalue weighted by molar-refractivity contribution is 5.98. The first-order chi connectivity index (χ1) is 21.2. The highest BCUT2D eigenvalue weighted by Crippen LogP contribution is 2.29. The normalized spacial score (nSPS) is 17.6. The van der Waals surface area contributed by atoms with Gasteiger partial charge in [-0.15, -0.1) is 0 Å². The SMILES string of the molecule is C[C@H](NC(=O)OCc1ccccc1)C(=O)N[C@@H](Cc1c[nH]c2ccccc12)C(=O)N[C@@H](Cc1ccccc1)C(=O)[C@@]1(C)CO1. The molecule has 10 heteroatoms. The van der Waals surface area contributed by atoms with E-state index in [0.29, 0.717) is 0 Å². The average molecular weight is 597 g/mol. The molecule has 44 heavy (non-hydrogen) atoms. The first kappa shape index (κ1) is 30.5. The van der Waals surface area contributed by atoms with Crippen molar-refractivity contribution in [3.63, 3.8) is 0 Å². The van der Waals surface area contributed by atoms with E-state index in [9.17, 15) is 19.2 Å². The fourth-order valence-corrected chi connectivity index (χ4v) is 4.98. The number of aromatic amines is 1. The van der Waals surface area contributed by atoms with Crippen molar-refractivity contribution >= 4 is 34.6 Å². The number of fused-ring (bicyclic) bond motifs is 1. The van der Waals surface area contributed by atoms with E-state index in [-0.39, 0.29) is 31.8 Å². The molecule has 228 valence electrons. The van der Waals surface area contributed by atoms with Crippen molar-refractivity contribution in [2.24, 2.45) is 0 Å². The number of ether oxygens (including phenoxy) is 2. The molecule has 0 aliphatic carbocycles. The van der Waals surface area contributed by atoms with E-state index in [1.807, 2.05) is 84.9 Å². The fourth-order valence-electron chi connectivity index (χ4n) is 4.98. The Morgan fingerprint density at radius 1 is 0.818 bits per heavy atom. The summed E-state index contributed by atoms with van der Waals surface area (Å²) in [7, 11) is 0. The van der Waals surface area contributed by atoms with Crippen molar-refractivity contribution in [3.05, 3.63) is 108 Å². The molecule has 0 radical (unpaired) electrons. The van der Waals surface area contributed by atoms with E-state index in [2.05, 4.69) is 20.9 Å². The van der Waals surface area contributed by atoms with Gasteiger partial charge in [-0.2, -0.15) is 0 Å². The lowest BCUT2D eigenvalue weighted by Crippen LogP contribution is -2.57. The summed E-state index contributed by atoms with van der Waals surface area (Å²) < 4.78 is 10.7. The molecule has 10 nitrogen and oxygen atoms in total. The van der Waals surface area contributed by atoms with Gasteiger partial charge in [0.15, 0.2) is 5.78 Å². The maximum atomic E-state index is 13.9. The number of alkyl carbamates (subject to hydrolysis) is 1. The second-order valence-electron chi connectivity index (χ2n) is 11.2. The number of hydrogen-bond donors (Lipinski definition) is 4. The lowest BCUT2D eigenvalue weighted by atomic mass is 9.94. The first-order valence-corrected chi connectivity index (χ1v) is 14.6. The van der Waals surface area contributed by atoms with Crippen LogP contribution in [0.5, 0.6) is 0 Å². The number of Topliss-reactive ketones (excluding diaryl/α,β-unsaturated/α-hetero) is 1. The van der Waals surface area contributed by atoms with Crippen LogP contribution >= 0.6 is 0 Å². The van der Waals surface area contributed by atoms with Gasteiger partial charge >= 0.3 is 6.09 Å². The zero-order chi connectivity index (χ0) is 31.1. The second kappa shape index (κ2) is 13.6. The Hall–Kier alpha value is -4.96. The molecule has 1 aromatic heterocycles. The maximum absolute atomic E-state index is 13.9. The van der Waals surface area contributed by atoms with Crippen molar-refractivity contribution in [2.75, 3.05) is 6.61 Å². The number of ketones is 1. The molecule has 4 atom stereocenters. The van der Waals surface area contributed by atoms with E-state index in [1.165, 1.54) is 6.92 Å². The molecule has 4 aromatic rings. The summed E-state index contributed by atoms with van der Waals surface area (Å²) in [6.45, 7) is 3.54. The number of rotatable bonds is 13. The summed E-state index contributed by atoms with van der Waals surface area (Å²) >= 11 is 0. The highest BCUT2D eigenvalue weighted by atomic mass is 16.6. The number of aromatic nitrogens is 1. The van der Waals surface area contributed by atoms with Crippen LogP contribution in [0, 0.1) is 0 Å². The molecule has 1 aliphatic rings. The average Bonchev–Trinajstić information content (AvgIpc) is 3.67. The van der Waals surface area contributed by atoms with Gasteiger partial charge in [0.1, 0.15) is 24.3 Å². The van der Waals surface area contributed by atoms with Crippen LogP contribution in [-0.2, 0) is 43.3 Å². The molecule has 0 bridgehead atoms. The van der Waals surface area contributed by atoms with E-state index in [0.717, 1.165) is 27.6 Å². The summed E-state index contributed by atoms with van der Waals surface area (Å²) in [5.41, 5.74) is 2.42. The van der Waals surface area contributed by atoms with Crippen LogP contribution in [0.1, 0.15) is 30.5 Å². The molecule has 5 rings (SSSR count). The topological polar surface area (TPSA) is 142 Å². The zero-order valence-electron chi connectivity index (χ0n) is 24.7. The Bertz CT molecular complexity index is 1620. The van der Waals surface area contributed by atoms with Gasteiger partial charge in [-0.05, 0) is 43.0 Å². The number of epoxide rings is 1. The summed E-state index contributed by atoms with van der Waals surface area (Å²) in [4.78, 5) is 56.1. The number of hydrogen-bond acceptors (Lipinski definition) is 6. The Kier molecular flexibility index (Phi) is 9.40. The lowest BCUT2D eigenvalue weighted by molar-refractivity contribution is -0.133. The van der Waals surface area contributed by atoms with Gasteiger partial charge in [0, 0.05) is 23.5 Å². The molecule has 3 amide bonds. The van der Waals surface area contributed by atoms with Gasteiger partial charge in [-0.3, -0.25) is 14.4 Å². The molecule has 1 fully saturated rings. The minimum Gasteiger partial charge on any atom is -0.445 e. The fraction of sp³-hybridized carbons (Fsp3) is 0.294. The molecule has 4 N–H and O–H groups in total. The monoisotopic (exact) mass is 596 g/mol. The Morgan fingerprint density at radius 2 is 1.43 bits per heavy atom. The highest BCUT2D eigenvalue weighted by Gasteiger charge is 2.50. The molecular formula is C34H36N4O6. The third kappa shape index (κ3) is 7.70. The Balaban J connectivity index is 1.31. The zero-order valence-corrected chi connectivity index (χ0v) is 24.7. The number of carbonyl (C=O) groups excluding carboxylic acids is 4. The van der Waals surface area contributed by atoms with Crippen molar-refractivity contribution in [3.8, 4) is 0 Å². The molecule has 0 spiro atoms. The Labute approximate surface area is 255 Å². The van der Waals surface area contributed by atoms with Crippen molar-refractivity contribution < 1.29 is 28.7 Å². The molecule has 0 saturated carbocycles. The van der Waals surface area contributed by atoms with Crippen LogP contribution in [0.15, 0.2) is 91.1 Å². The standard InChI is InChI=1S/C34H36N4O6/c1-22(36-33(42)43-20-24-13-7-4-8-14-24)31(40)38-29(18-25-19-35-27-16-10-9-15-26(25)27)32(41)37-28(30(39)34(2)21-44-34)17-23-11-5-3-6-12-23/h3-16,19,22,28-29,35H,17-18,20-21H2,1-2H3,(H,36,42)(H,37,41)(H,38,40)/t22-,28-,29-,34+/m0/s1. The minimum absolute atomic E-state index is 0.0477. The van der Waals surface area contributed by atoms with Gasteiger partial charge in [0.25, 0.3) is 0 Å². The lowest BCUT2D eigenvalue weighted by Gasteiger charge is -2.25. The second-order valence-corrected chi connectivity index (χ2v) is 11.2. The first-order valence-electron chi connectivity index (χ1n) is 14.6. The molecule has 0 unspecified atom stereocenters. The van der Waals surface area contributed by atoms with E-state index in [1.54, 1.807) is 13.1 Å².